The van der Waals surface area contributed by atoms with Crippen molar-refractivity contribution in [2.45, 2.75) is 350 Å². The van der Waals surface area contributed by atoms with Gasteiger partial charge in [0.15, 0.2) is 12.2 Å². The maximum absolute atomic E-state index is 13.0. The molecule has 3 N–H and O–H groups in total. The zero-order chi connectivity index (χ0) is 64.7. The second-order valence-corrected chi connectivity index (χ2v) is 29.4. The Bertz CT molecular complexity index is 1730. The summed E-state index contributed by atoms with van der Waals surface area (Å²) in [6.07, 6.45) is 39.5. The van der Waals surface area contributed by atoms with Crippen LogP contribution in [0.4, 0.5) is 0 Å². The molecule has 0 spiro atoms. The summed E-state index contributed by atoms with van der Waals surface area (Å²) in [6, 6.07) is 0. The first-order valence-corrected chi connectivity index (χ1v) is 38.2. The van der Waals surface area contributed by atoms with Crippen LogP contribution in [-0.4, -0.2) is 96.7 Å². The lowest BCUT2D eigenvalue weighted by molar-refractivity contribution is -0.161. The summed E-state index contributed by atoms with van der Waals surface area (Å²) in [6.45, 7) is 13.9. The fourth-order valence-corrected chi connectivity index (χ4v) is 11.7. The molecule has 2 unspecified atom stereocenters. The number of aliphatic hydroxyl groups excluding tert-OH is 1. The number of esters is 4. The zero-order valence-electron chi connectivity index (χ0n) is 56.6. The lowest BCUT2D eigenvalue weighted by atomic mass is 10.0. The van der Waals surface area contributed by atoms with E-state index in [1.54, 1.807) is 0 Å². The van der Waals surface area contributed by atoms with Crippen LogP contribution < -0.4 is 0 Å². The number of phosphoric ester groups is 2. The Kier molecular flexibility index (Phi) is 56.6. The van der Waals surface area contributed by atoms with Crippen LogP contribution in [0, 0.1) is 23.7 Å². The minimum absolute atomic E-state index is 0.100. The van der Waals surface area contributed by atoms with Gasteiger partial charge in [-0.1, -0.05) is 280 Å². The van der Waals surface area contributed by atoms with Crippen molar-refractivity contribution in [1.82, 2.24) is 0 Å². The summed E-state index contributed by atoms with van der Waals surface area (Å²) in [5.74, 6) is 0.716. The second-order valence-electron chi connectivity index (χ2n) is 26.5. The van der Waals surface area contributed by atoms with Crippen LogP contribution in [0.15, 0.2) is 0 Å². The number of hydrogen-bond acceptors (Lipinski definition) is 15. The Hall–Kier alpha value is -1.94. The molecule has 87 heavy (non-hydrogen) atoms. The van der Waals surface area contributed by atoms with Crippen LogP contribution in [0.3, 0.4) is 0 Å². The van der Waals surface area contributed by atoms with Gasteiger partial charge in [0.2, 0.25) is 0 Å². The van der Waals surface area contributed by atoms with Gasteiger partial charge >= 0.3 is 39.5 Å². The van der Waals surface area contributed by atoms with E-state index in [0.717, 1.165) is 102 Å². The lowest BCUT2D eigenvalue weighted by Crippen LogP contribution is -2.30. The summed E-state index contributed by atoms with van der Waals surface area (Å²) in [7, 11) is -9.89. The fraction of sp³-hybridized carbons (Fsp3) is 0.941. The van der Waals surface area contributed by atoms with E-state index in [4.69, 9.17) is 37.0 Å². The maximum Gasteiger partial charge on any atom is 0.472 e. The van der Waals surface area contributed by atoms with E-state index >= 15 is 0 Å². The predicted molar refractivity (Wildman–Crippen MR) is 349 cm³/mol. The molecule has 0 saturated heterocycles. The molecule has 0 rings (SSSR count). The molecular weight excluding hydrogens is 1150 g/mol. The van der Waals surface area contributed by atoms with E-state index in [1.165, 1.54) is 128 Å². The second kappa shape index (κ2) is 57.9. The first-order chi connectivity index (χ1) is 41.6. The summed E-state index contributed by atoms with van der Waals surface area (Å²) in [4.78, 5) is 72.3. The molecule has 0 bridgehead atoms. The highest BCUT2D eigenvalue weighted by atomic mass is 31.2. The molecule has 0 aliphatic heterocycles. The molecule has 0 amide bonds. The van der Waals surface area contributed by atoms with Crippen molar-refractivity contribution >= 4 is 39.5 Å². The average Bonchev–Trinajstić information content (AvgIpc) is 3.66. The zero-order valence-corrected chi connectivity index (χ0v) is 58.4. The predicted octanol–water partition coefficient (Wildman–Crippen LogP) is 18.9. The largest absolute Gasteiger partial charge is 0.472 e. The third-order valence-corrected chi connectivity index (χ3v) is 17.5. The Labute approximate surface area is 530 Å². The number of rotatable bonds is 65. The molecule has 17 nitrogen and oxygen atoms in total. The number of ether oxygens (including phenoxy) is 4. The van der Waals surface area contributed by atoms with Gasteiger partial charge in [0.05, 0.1) is 26.4 Å². The van der Waals surface area contributed by atoms with Gasteiger partial charge in [0.1, 0.15) is 19.3 Å². The van der Waals surface area contributed by atoms with Crippen molar-refractivity contribution in [3.63, 3.8) is 0 Å². The first kappa shape index (κ1) is 85.1. The Morgan fingerprint density at radius 2 is 0.483 bits per heavy atom. The van der Waals surface area contributed by atoms with E-state index in [2.05, 4.69) is 55.4 Å². The highest BCUT2D eigenvalue weighted by molar-refractivity contribution is 7.47. The molecule has 0 radical (unpaired) electrons. The number of hydrogen-bond donors (Lipinski definition) is 3. The van der Waals surface area contributed by atoms with E-state index in [-0.39, 0.29) is 25.7 Å². The van der Waals surface area contributed by atoms with Gasteiger partial charge in [0, 0.05) is 25.7 Å². The minimum atomic E-state index is -4.95. The van der Waals surface area contributed by atoms with Crippen molar-refractivity contribution in [2.24, 2.45) is 23.7 Å². The Morgan fingerprint density at radius 1 is 0.287 bits per heavy atom. The molecule has 0 aliphatic carbocycles. The van der Waals surface area contributed by atoms with Crippen molar-refractivity contribution in [2.75, 3.05) is 39.6 Å². The molecule has 5 atom stereocenters. The minimum Gasteiger partial charge on any atom is -0.462 e. The van der Waals surface area contributed by atoms with Crippen molar-refractivity contribution in [3.05, 3.63) is 0 Å². The number of aliphatic hydroxyl groups is 1. The van der Waals surface area contributed by atoms with Gasteiger partial charge in [-0.15, -0.1) is 0 Å². The molecule has 0 aromatic carbocycles. The molecule has 19 heteroatoms. The van der Waals surface area contributed by atoms with Gasteiger partial charge in [-0.25, -0.2) is 9.13 Å². The quantitative estimate of drug-likeness (QED) is 0.0222. The van der Waals surface area contributed by atoms with Gasteiger partial charge < -0.3 is 33.8 Å². The van der Waals surface area contributed by atoms with Crippen LogP contribution in [0.25, 0.3) is 0 Å². The number of carbonyl (C=O) groups excluding carboxylic acids is 4. The molecule has 0 aromatic rings. The van der Waals surface area contributed by atoms with Crippen LogP contribution in [-0.2, 0) is 65.4 Å². The third-order valence-electron chi connectivity index (χ3n) is 15.6. The Balaban J connectivity index is 5.14. The van der Waals surface area contributed by atoms with Crippen molar-refractivity contribution in [1.29, 1.82) is 0 Å². The molecule has 516 valence electrons. The summed E-state index contributed by atoms with van der Waals surface area (Å²) < 4.78 is 68.0. The molecule has 0 aliphatic rings. The van der Waals surface area contributed by atoms with E-state index in [9.17, 15) is 43.2 Å². The summed E-state index contributed by atoms with van der Waals surface area (Å²) in [5.41, 5.74) is 0. The topological polar surface area (TPSA) is 237 Å². The summed E-state index contributed by atoms with van der Waals surface area (Å²) in [5, 5.41) is 10.5. The van der Waals surface area contributed by atoms with Gasteiger partial charge in [-0.05, 0) is 49.4 Å². The highest BCUT2D eigenvalue weighted by Crippen LogP contribution is 2.45. The van der Waals surface area contributed by atoms with Gasteiger partial charge in [-0.2, -0.15) is 0 Å². The normalized spacial score (nSPS) is 14.3. The molecule has 0 saturated carbocycles. The summed E-state index contributed by atoms with van der Waals surface area (Å²) >= 11 is 0. The molecular formula is C68H132O17P2. The lowest BCUT2D eigenvalue weighted by Gasteiger charge is -2.21. The third kappa shape index (κ3) is 62.6. The fourth-order valence-electron chi connectivity index (χ4n) is 10.1. The van der Waals surface area contributed by atoms with E-state index < -0.39 is 97.5 Å². The smallest absolute Gasteiger partial charge is 0.462 e. The molecule has 0 aromatic heterocycles. The van der Waals surface area contributed by atoms with Gasteiger partial charge in [-0.3, -0.25) is 37.3 Å². The van der Waals surface area contributed by atoms with E-state index in [0.29, 0.717) is 43.4 Å². The van der Waals surface area contributed by atoms with Crippen molar-refractivity contribution < 1.29 is 80.2 Å². The van der Waals surface area contributed by atoms with Crippen LogP contribution in [0.2, 0.25) is 0 Å². The van der Waals surface area contributed by atoms with Crippen LogP contribution >= 0.6 is 15.6 Å². The van der Waals surface area contributed by atoms with Crippen molar-refractivity contribution in [3.8, 4) is 0 Å². The standard InChI is InChI=1S/C68H132O17P2/c1-58(2)44-36-28-20-17-15-13-11-9-10-12-14-16-18-22-32-40-48-65(70)78-54-63(84-67(72)50-42-34-23-19-21-29-37-45-59(3)4)56-82-86(74,75)80-52-62(69)53-81-87(76,77)83-57-64(85-68(73)51-43-35-27-25-31-39-47-61(7)8)55-79-66(71)49-41-33-26-24-30-38-46-60(5)6/h58-64,69H,9-57H2,1-8H3,(H,74,75)(H,76,77)/t62-,63-,64-/m1/s1. The monoisotopic (exact) mass is 1280 g/mol. The number of unbranched alkanes of at least 4 members (excludes halogenated alkanes) is 31. The van der Waals surface area contributed by atoms with Crippen LogP contribution in [0.5, 0.6) is 0 Å². The number of phosphoric acid groups is 2. The maximum atomic E-state index is 13.0. The number of carbonyl (C=O) groups is 4. The highest BCUT2D eigenvalue weighted by Gasteiger charge is 2.30. The first-order valence-electron chi connectivity index (χ1n) is 35.2. The molecule has 0 heterocycles. The van der Waals surface area contributed by atoms with Gasteiger partial charge in [0.25, 0.3) is 0 Å². The van der Waals surface area contributed by atoms with Crippen LogP contribution in [0.1, 0.15) is 331 Å². The molecule has 0 fully saturated rings. The average molecular weight is 1280 g/mol. The Morgan fingerprint density at radius 3 is 0.713 bits per heavy atom. The van der Waals surface area contributed by atoms with E-state index in [1.807, 2.05) is 0 Å². The SMILES string of the molecule is CC(C)CCCCCCCCCCCCCCCCCCC(=O)OC[C@H](COP(=O)(O)OC[C@@H](O)COP(=O)(O)OC[C@@H](COC(=O)CCCCCCCCC(C)C)OC(=O)CCCCCCCCC(C)C)OC(=O)CCCCCCCCCC(C)C.